The molecule has 0 atom stereocenters. The zero-order valence-corrected chi connectivity index (χ0v) is 9.33. The highest BCUT2D eigenvalue weighted by molar-refractivity contribution is 5.79. The van der Waals surface area contributed by atoms with Crippen molar-refractivity contribution in [2.75, 3.05) is 0 Å². The first-order valence-corrected chi connectivity index (χ1v) is 5.36. The third-order valence-corrected chi connectivity index (χ3v) is 2.46. The summed E-state index contributed by atoms with van der Waals surface area (Å²) in [4.78, 5) is 14.9. The van der Waals surface area contributed by atoms with E-state index in [4.69, 9.17) is 9.15 Å². The summed E-state index contributed by atoms with van der Waals surface area (Å²) in [5, 5.41) is 1.04. The molecule has 5 nitrogen and oxygen atoms in total. The molecule has 0 spiro atoms. The van der Waals surface area contributed by atoms with E-state index in [2.05, 4.69) is 9.40 Å². The lowest BCUT2D eigenvalue weighted by atomic mass is 10.2. The SMILES string of the molecule is O=c1occ(COc2ccc3cccnc3c2)o1. The van der Waals surface area contributed by atoms with E-state index >= 15 is 0 Å². The van der Waals surface area contributed by atoms with Gasteiger partial charge in [0, 0.05) is 17.6 Å². The van der Waals surface area contributed by atoms with Crippen LogP contribution in [0.25, 0.3) is 10.9 Å². The quantitative estimate of drug-likeness (QED) is 0.706. The molecule has 90 valence electrons. The number of benzene rings is 1. The number of ether oxygens (including phenoxy) is 1. The van der Waals surface area contributed by atoms with Crippen LogP contribution in [0.15, 0.2) is 56.4 Å². The first-order chi connectivity index (χ1) is 8.81. The molecule has 0 N–H and O–H groups in total. The Kier molecular flexibility index (Phi) is 2.57. The van der Waals surface area contributed by atoms with E-state index < -0.39 is 5.82 Å². The number of hydrogen-bond donors (Lipinski definition) is 0. The molecule has 3 aromatic rings. The number of hydrogen-bond acceptors (Lipinski definition) is 5. The first-order valence-electron chi connectivity index (χ1n) is 5.36. The van der Waals surface area contributed by atoms with Gasteiger partial charge in [-0.05, 0) is 18.2 Å². The lowest BCUT2D eigenvalue weighted by molar-refractivity contribution is 0.263. The highest BCUT2D eigenvalue weighted by Gasteiger charge is 2.03. The van der Waals surface area contributed by atoms with Crippen LogP contribution in [0.5, 0.6) is 5.75 Å². The third-order valence-electron chi connectivity index (χ3n) is 2.46. The standard InChI is InChI=1S/C13H9NO4/c15-13-17-8-11(18-13)7-16-10-4-3-9-2-1-5-14-12(9)6-10/h1-6,8H,7H2. The average Bonchev–Trinajstić information content (AvgIpc) is 2.82. The predicted molar refractivity (Wildman–Crippen MR) is 63.3 cm³/mol. The smallest absolute Gasteiger partial charge is 0.485 e. The predicted octanol–water partition coefficient (Wildman–Crippen LogP) is 2.36. The minimum Gasteiger partial charge on any atom is -0.485 e. The zero-order valence-electron chi connectivity index (χ0n) is 9.33. The van der Waals surface area contributed by atoms with Crippen LogP contribution < -0.4 is 10.6 Å². The number of pyridine rings is 1. The average molecular weight is 243 g/mol. The van der Waals surface area contributed by atoms with Crippen molar-refractivity contribution in [3.05, 3.63) is 59.2 Å². The van der Waals surface area contributed by atoms with Crippen molar-refractivity contribution >= 4 is 10.9 Å². The fourth-order valence-corrected chi connectivity index (χ4v) is 1.62. The van der Waals surface area contributed by atoms with E-state index in [-0.39, 0.29) is 6.61 Å². The van der Waals surface area contributed by atoms with E-state index in [9.17, 15) is 4.79 Å². The molecule has 0 radical (unpaired) electrons. The molecule has 1 aromatic carbocycles. The van der Waals surface area contributed by atoms with Gasteiger partial charge in [-0.3, -0.25) is 4.98 Å². The Balaban J connectivity index is 1.80. The second kappa shape index (κ2) is 4.37. The number of nitrogens with zero attached hydrogens (tertiary/aromatic N) is 1. The largest absolute Gasteiger partial charge is 0.518 e. The van der Waals surface area contributed by atoms with E-state index in [0.717, 1.165) is 10.9 Å². The Hall–Kier alpha value is -2.56. The molecule has 0 unspecified atom stereocenters. The van der Waals surface area contributed by atoms with Gasteiger partial charge >= 0.3 is 5.82 Å². The lowest BCUT2D eigenvalue weighted by Gasteiger charge is -2.04. The lowest BCUT2D eigenvalue weighted by Crippen LogP contribution is -1.95. The molecule has 0 saturated heterocycles. The van der Waals surface area contributed by atoms with Gasteiger partial charge in [-0.1, -0.05) is 6.07 Å². The van der Waals surface area contributed by atoms with Crippen molar-refractivity contribution in [1.82, 2.24) is 4.98 Å². The summed E-state index contributed by atoms with van der Waals surface area (Å²) < 4.78 is 14.7. The molecular formula is C13H9NO4. The van der Waals surface area contributed by atoms with Gasteiger partial charge in [0.15, 0.2) is 5.76 Å². The monoisotopic (exact) mass is 243 g/mol. The maximum absolute atomic E-state index is 10.7. The molecule has 0 amide bonds. The number of aromatic nitrogens is 1. The summed E-state index contributed by atoms with van der Waals surface area (Å²) in [7, 11) is 0. The molecule has 0 saturated carbocycles. The van der Waals surface area contributed by atoms with E-state index in [0.29, 0.717) is 11.5 Å². The molecule has 18 heavy (non-hydrogen) atoms. The summed E-state index contributed by atoms with van der Waals surface area (Å²) in [6.07, 6.45) is 2.96. The molecule has 0 aliphatic carbocycles. The van der Waals surface area contributed by atoms with Crippen LogP contribution in [0.3, 0.4) is 0 Å². The summed E-state index contributed by atoms with van der Waals surface area (Å²) in [5.74, 6) is 0.278. The molecule has 0 aliphatic rings. The van der Waals surface area contributed by atoms with Crippen LogP contribution in [-0.4, -0.2) is 4.98 Å². The third kappa shape index (κ3) is 2.10. The Bertz CT molecular complexity index is 729. The van der Waals surface area contributed by atoms with Crippen LogP contribution in [0.2, 0.25) is 0 Å². The van der Waals surface area contributed by atoms with Crippen LogP contribution >= 0.6 is 0 Å². The van der Waals surface area contributed by atoms with E-state index in [1.807, 2.05) is 30.3 Å². The number of rotatable bonds is 3. The van der Waals surface area contributed by atoms with E-state index in [1.165, 1.54) is 6.26 Å². The Morgan fingerprint density at radius 1 is 1.28 bits per heavy atom. The minimum absolute atomic E-state index is 0.143. The highest BCUT2D eigenvalue weighted by Crippen LogP contribution is 2.19. The van der Waals surface area contributed by atoms with E-state index in [1.54, 1.807) is 6.20 Å². The topological polar surface area (TPSA) is 65.5 Å². The van der Waals surface area contributed by atoms with Crippen molar-refractivity contribution in [2.24, 2.45) is 0 Å². The molecule has 2 aromatic heterocycles. The van der Waals surface area contributed by atoms with Gasteiger partial charge in [-0.15, -0.1) is 0 Å². The molecule has 5 heteroatoms. The zero-order chi connectivity index (χ0) is 12.4. The van der Waals surface area contributed by atoms with Crippen molar-refractivity contribution in [2.45, 2.75) is 6.61 Å². The van der Waals surface area contributed by atoms with Crippen molar-refractivity contribution in [3.8, 4) is 5.75 Å². The van der Waals surface area contributed by atoms with Gasteiger partial charge in [-0.2, -0.15) is 0 Å². The van der Waals surface area contributed by atoms with Gasteiger partial charge in [0.2, 0.25) is 0 Å². The molecule has 0 aliphatic heterocycles. The van der Waals surface area contributed by atoms with Gasteiger partial charge in [0.1, 0.15) is 18.6 Å². The second-order valence-electron chi connectivity index (χ2n) is 3.70. The second-order valence-corrected chi connectivity index (χ2v) is 3.70. The summed E-state index contributed by atoms with van der Waals surface area (Å²) in [6.45, 7) is 0.143. The molecule has 2 heterocycles. The van der Waals surface area contributed by atoms with Gasteiger partial charge in [-0.25, -0.2) is 4.79 Å². The molecule has 0 fully saturated rings. The molecule has 0 bridgehead atoms. The maximum Gasteiger partial charge on any atom is 0.518 e. The first kappa shape index (κ1) is 10.6. The minimum atomic E-state index is -0.728. The van der Waals surface area contributed by atoms with Gasteiger partial charge in [0.25, 0.3) is 0 Å². The fourth-order valence-electron chi connectivity index (χ4n) is 1.62. The van der Waals surface area contributed by atoms with Crippen molar-refractivity contribution < 1.29 is 13.6 Å². The summed E-state index contributed by atoms with van der Waals surface area (Å²) in [5.41, 5.74) is 0.851. The fraction of sp³-hybridized carbons (Fsp3) is 0.0769. The van der Waals surface area contributed by atoms with Crippen LogP contribution in [0.1, 0.15) is 5.76 Å². The Morgan fingerprint density at radius 2 is 2.22 bits per heavy atom. The molecular weight excluding hydrogens is 234 g/mol. The van der Waals surface area contributed by atoms with Gasteiger partial charge < -0.3 is 13.6 Å². The summed E-state index contributed by atoms with van der Waals surface area (Å²) >= 11 is 0. The Labute approximate surface area is 102 Å². The van der Waals surface area contributed by atoms with Crippen molar-refractivity contribution in [3.63, 3.8) is 0 Å². The van der Waals surface area contributed by atoms with Gasteiger partial charge in [0.05, 0.1) is 5.52 Å². The maximum atomic E-state index is 10.7. The normalized spacial score (nSPS) is 10.7. The van der Waals surface area contributed by atoms with Crippen LogP contribution in [0.4, 0.5) is 0 Å². The number of fused-ring (bicyclic) bond motifs is 1. The highest BCUT2D eigenvalue weighted by atomic mass is 16.6. The van der Waals surface area contributed by atoms with Crippen LogP contribution in [-0.2, 0) is 6.61 Å². The summed E-state index contributed by atoms with van der Waals surface area (Å²) in [6, 6.07) is 9.43. The van der Waals surface area contributed by atoms with Crippen LogP contribution in [0, 0.1) is 0 Å². The Morgan fingerprint density at radius 3 is 3.06 bits per heavy atom. The van der Waals surface area contributed by atoms with Crippen molar-refractivity contribution in [1.29, 1.82) is 0 Å². The molecule has 3 rings (SSSR count).